The minimum absolute atomic E-state index is 0.0814. The molecule has 0 aromatic rings. The Hall–Kier alpha value is -0.900. The third kappa shape index (κ3) is 2.78. The van der Waals surface area contributed by atoms with Gasteiger partial charge in [0.1, 0.15) is 0 Å². The smallest absolute Gasteiger partial charge is 0.246 e. The van der Waals surface area contributed by atoms with Crippen molar-refractivity contribution >= 4 is 11.8 Å². The summed E-state index contributed by atoms with van der Waals surface area (Å²) in [6.45, 7) is 5.11. The van der Waals surface area contributed by atoms with Gasteiger partial charge in [-0.2, -0.15) is 0 Å². The summed E-state index contributed by atoms with van der Waals surface area (Å²) in [5.74, 6) is 0.423. The fourth-order valence-electron chi connectivity index (χ4n) is 1.80. The number of likely N-dealkylation sites (tertiary alicyclic amines) is 1. The van der Waals surface area contributed by atoms with Crippen molar-refractivity contribution in [2.75, 3.05) is 13.6 Å². The van der Waals surface area contributed by atoms with Gasteiger partial charge >= 0.3 is 0 Å². The molecule has 0 aromatic heterocycles. The third-order valence-corrected chi connectivity index (χ3v) is 3.19. The molecule has 1 rings (SSSR count). The van der Waals surface area contributed by atoms with Crippen LogP contribution in [0, 0.1) is 5.92 Å². The summed E-state index contributed by atoms with van der Waals surface area (Å²) in [4.78, 5) is 24.0. The van der Waals surface area contributed by atoms with Crippen LogP contribution in [-0.2, 0) is 9.59 Å². The Morgan fingerprint density at radius 1 is 1.40 bits per heavy atom. The second kappa shape index (κ2) is 5.26. The lowest BCUT2D eigenvalue weighted by Crippen LogP contribution is -2.39. The molecule has 1 heterocycles. The monoisotopic (exact) mass is 212 g/mol. The van der Waals surface area contributed by atoms with Gasteiger partial charge in [-0.05, 0) is 12.5 Å². The van der Waals surface area contributed by atoms with Crippen LogP contribution in [0.4, 0.5) is 0 Å². The third-order valence-electron chi connectivity index (χ3n) is 3.19. The SMILES string of the molecule is CCC(CC)CNC1CC(=O)N(C)C1=O. The zero-order chi connectivity index (χ0) is 11.4. The van der Waals surface area contributed by atoms with E-state index in [1.807, 2.05) is 0 Å². The predicted molar refractivity (Wildman–Crippen MR) is 58.3 cm³/mol. The van der Waals surface area contributed by atoms with Crippen molar-refractivity contribution in [1.82, 2.24) is 10.2 Å². The van der Waals surface area contributed by atoms with Crippen LogP contribution in [-0.4, -0.2) is 36.3 Å². The first-order valence-corrected chi connectivity index (χ1v) is 5.63. The molecule has 1 saturated heterocycles. The van der Waals surface area contributed by atoms with Crippen LogP contribution in [0.15, 0.2) is 0 Å². The average Bonchev–Trinajstić information content (AvgIpc) is 2.48. The van der Waals surface area contributed by atoms with Crippen molar-refractivity contribution in [2.24, 2.45) is 5.92 Å². The summed E-state index contributed by atoms with van der Waals surface area (Å²) < 4.78 is 0. The quantitative estimate of drug-likeness (QED) is 0.685. The molecule has 0 aromatic carbocycles. The first-order valence-electron chi connectivity index (χ1n) is 5.63. The van der Waals surface area contributed by atoms with E-state index in [0.29, 0.717) is 12.3 Å². The molecule has 4 nitrogen and oxygen atoms in total. The number of likely N-dealkylation sites (N-methyl/N-ethyl adjacent to an activating group) is 1. The number of hydrogen-bond donors (Lipinski definition) is 1. The molecule has 1 N–H and O–H groups in total. The highest BCUT2D eigenvalue weighted by atomic mass is 16.2. The van der Waals surface area contributed by atoms with E-state index in [4.69, 9.17) is 0 Å². The summed E-state index contributed by atoms with van der Waals surface area (Å²) in [6, 6.07) is -0.289. The first kappa shape index (κ1) is 12.2. The molecular weight excluding hydrogens is 192 g/mol. The molecule has 86 valence electrons. The van der Waals surface area contributed by atoms with Crippen LogP contribution >= 0.6 is 0 Å². The topological polar surface area (TPSA) is 49.4 Å². The Kier molecular flexibility index (Phi) is 4.27. The highest BCUT2D eigenvalue weighted by Crippen LogP contribution is 2.12. The van der Waals surface area contributed by atoms with E-state index in [-0.39, 0.29) is 17.9 Å². The molecule has 1 unspecified atom stereocenters. The average molecular weight is 212 g/mol. The van der Waals surface area contributed by atoms with Crippen molar-refractivity contribution in [3.63, 3.8) is 0 Å². The normalized spacial score (nSPS) is 21.9. The number of carbonyl (C=O) groups is 2. The van der Waals surface area contributed by atoms with Crippen molar-refractivity contribution in [3.8, 4) is 0 Å². The summed E-state index contributed by atoms with van der Waals surface area (Å²) in [5, 5.41) is 3.18. The molecule has 0 radical (unpaired) electrons. The van der Waals surface area contributed by atoms with Crippen LogP contribution < -0.4 is 5.32 Å². The van der Waals surface area contributed by atoms with Crippen molar-refractivity contribution < 1.29 is 9.59 Å². The summed E-state index contributed by atoms with van der Waals surface area (Å²) in [6.07, 6.45) is 2.53. The van der Waals surface area contributed by atoms with Gasteiger partial charge in [0.2, 0.25) is 11.8 Å². The highest BCUT2D eigenvalue weighted by molar-refractivity contribution is 6.05. The molecule has 2 amide bonds. The predicted octanol–water partition coefficient (Wildman–Crippen LogP) is 0.769. The number of amides is 2. The number of hydrogen-bond acceptors (Lipinski definition) is 3. The molecule has 1 atom stereocenters. The lowest BCUT2D eigenvalue weighted by Gasteiger charge is -2.16. The van der Waals surface area contributed by atoms with Gasteiger partial charge in [-0.25, -0.2) is 0 Å². The van der Waals surface area contributed by atoms with Gasteiger partial charge in [0.15, 0.2) is 0 Å². The van der Waals surface area contributed by atoms with Gasteiger partial charge in [-0.3, -0.25) is 14.5 Å². The molecule has 0 aliphatic carbocycles. The molecule has 1 fully saturated rings. The Morgan fingerprint density at radius 3 is 2.40 bits per heavy atom. The molecule has 15 heavy (non-hydrogen) atoms. The van der Waals surface area contributed by atoms with Crippen molar-refractivity contribution in [1.29, 1.82) is 0 Å². The fourth-order valence-corrected chi connectivity index (χ4v) is 1.80. The molecular formula is C11H20N2O2. The molecule has 0 saturated carbocycles. The van der Waals surface area contributed by atoms with Gasteiger partial charge in [-0.1, -0.05) is 26.7 Å². The van der Waals surface area contributed by atoms with Gasteiger partial charge in [0.05, 0.1) is 12.5 Å². The second-order valence-electron chi connectivity index (χ2n) is 4.14. The second-order valence-corrected chi connectivity index (χ2v) is 4.14. The first-order chi connectivity index (χ1) is 7.10. The van der Waals surface area contributed by atoms with Crippen LogP contribution in [0.3, 0.4) is 0 Å². The van der Waals surface area contributed by atoms with E-state index >= 15 is 0 Å². The number of rotatable bonds is 5. The van der Waals surface area contributed by atoms with Crippen molar-refractivity contribution in [3.05, 3.63) is 0 Å². The Labute approximate surface area is 91.0 Å². The lowest BCUT2D eigenvalue weighted by atomic mass is 10.0. The Balaban J connectivity index is 2.40. The Bertz CT molecular complexity index is 249. The summed E-state index contributed by atoms with van der Waals surface area (Å²) in [7, 11) is 1.55. The zero-order valence-electron chi connectivity index (χ0n) is 9.75. The highest BCUT2D eigenvalue weighted by Gasteiger charge is 2.35. The maximum Gasteiger partial charge on any atom is 0.246 e. The van der Waals surface area contributed by atoms with Crippen LogP contribution in [0.2, 0.25) is 0 Å². The Morgan fingerprint density at radius 2 is 2.00 bits per heavy atom. The summed E-state index contributed by atoms with van der Waals surface area (Å²) in [5.41, 5.74) is 0. The molecule has 1 aliphatic rings. The number of imide groups is 1. The van der Waals surface area contributed by atoms with Crippen LogP contribution in [0.25, 0.3) is 0 Å². The van der Waals surface area contributed by atoms with Crippen molar-refractivity contribution in [2.45, 2.75) is 39.2 Å². The standard InChI is InChI=1S/C11H20N2O2/c1-4-8(5-2)7-12-9-6-10(14)13(3)11(9)15/h8-9,12H,4-7H2,1-3H3. The van der Waals surface area contributed by atoms with E-state index < -0.39 is 0 Å². The van der Waals surface area contributed by atoms with E-state index in [0.717, 1.165) is 19.4 Å². The lowest BCUT2D eigenvalue weighted by molar-refractivity contribution is -0.137. The molecule has 4 heteroatoms. The minimum Gasteiger partial charge on any atom is -0.305 e. The maximum absolute atomic E-state index is 11.5. The number of nitrogens with one attached hydrogen (secondary N) is 1. The minimum atomic E-state index is -0.289. The van der Waals surface area contributed by atoms with Gasteiger partial charge in [0.25, 0.3) is 0 Å². The van der Waals surface area contributed by atoms with E-state index in [1.54, 1.807) is 7.05 Å². The van der Waals surface area contributed by atoms with Crippen LogP contribution in [0.5, 0.6) is 0 Å². The maximum atomic E-state index is 11.5. The number of nitrogens with zero attached hydrogens (tertiary/aromatic N) is 1. The fraction of sp³-hybridized carbons (Fsp3) is 0.818. The zero-order valence-corrected chi connectivity index (χ0v) is 9.75. The van der Waals surface area contributed by atoms with E-state index in [9.17, 15) is 9.59 Å². The number of carbonyl (C=O) groups excluding carboxylic acids is 2. The van der Waals surface area contributed by atoms with E-state index in [2.05, 4.69) is 19.2 Å². The van der Waals surface area contributed by atoms with Gasteiger partial charge < -0.3 is 5.32 Å². The van der Waals surface area contributed by atoms with Gasteiger partial charge in [-0.15, -0.1) is 0 Å². The molecule has 0 bridgehead atoms. The van der Waals surface area contributed by atoms with Crippen LogP contribution in [0.1, 0.15) is 33.1 Å². The summed E-state index contributed by atoms with van der Waals surface area (Å²) >= 11 is 0. The molecule has 0 spiro atoms. The van der Waals surface area contributed by atoms with E-state index in [1.165, 1.54) is 4.90 Å². The molecule has 1 aliphatic heterocycles. The largest absolute Gasteiger partial charge is 0.305 e. The van der Waals surface area contributed by atoms with Gasteiger partial charge in [0, 0.05) is 7.05 Å².